The summed E-state index contributed by atoms with van der Waals surface area (Å²) in [5, 5.41) is 7.94. The van der Waals surface area contributed by atoms with Crippen molar-refractivity contribution in [2.75, 3.05) is 13.1 Å². The van der Waals surface area contributed by atoms with Crippen LogP contribution in [0.25, 0.3) is 5.69 Å². The lowest BCUT2D eigenvalue weighted by molar-refractivity contribution is 0.464. The molecule has 0 unspecified atom stereocenters. The van der Waals surface area contributed by atoms with Crippen LogP contribution in [0.3, 0.4) is 0 Å². The van der Waals surface area contributed by atoms with Crippen LogP contribution in [0.15, 0.2) is 30.7 Å². The third kappa shape index (κ3) is 3.26. The van der Waals surface area contributed by atoms with Crippen molar-refractivity contribution in [3.05, 3.63) is 36.4 Å². The topological polar surface area (TPSA) is 93.0 Å². The predicted octanol–water partition coefficient (Wildman–Crippen LogP) is 0.0925. The molecular weight excluding hydrogens is 292 g/mol. The molecule has 9 heteroatoms. The quantitative estimate of drug-likeness (QED) is 0.845. The van der Waals surface area contributed by atoms with E-state index in [-0.39, 0.29) is 6.54 Å². The highest BCUT2D eigenvalue weighted by atomic mass is 32.2. The fourth-order valence-corrected chi connectivity index (χ4v) is 3.44. The summed E-state index contributed by atoms with van der Waals surface area (Å²) in [6.07, 6.45) is 6.85. The molecule has 1 saturated heterocycles. The Kier molecular flexibility index (Phi) is 3.95. The van der Waals surface area contributed by atoms with Gasteiger partial charge in [-0.3, -0.25) is 4.98 Å². The number of hydrogen-bond donors (Lipinski definition) is 1. The third-order valence-corrected chi connectivity index (χ3v) is 4.86. The van der Waals surface area contributed by atoms with Gasteiger partial charge in [0.2, 0.25) is 0 Å². The molecule has 0 aromatic carbocycles. The number of nitrogens with zero attached hydrogens (tertiary/aromatic N) is 5. The summed E-state index contributed by atoms with van der Waals surface area (Å²) in [5.41, 5.74) is 1.39. The van der Waals surface area contributed by atoms with E-state index in [9.17, 15) is 8.42 Å². The minimum absolute atomic E-state index is 0.129. The number of hydrogen-bond acceptors (Lipinski definition) is 5. The van der Waals surface area contributed by atoms with Crippen LogP contribution in [0.4, 0.5) is 0 Å². The first-order valence-corrected chi connectivity index (χ1v) is 8.15. The molecule has 1 N–H and O–H groups in total. The van der Waals surface area contributed by atoms with Crippen molar-refractivity contribution in [1.82, 2.24) is 29.0 Å². The second kappa shape index (κ2) is 5.88. The maximum atomic E-state index is 12.0. The molecule has 1 aliphatic heterocycles. The summed E-state index contributed by atoms with van der Waals surface area (Å²) < 4.78 is 29.7. The van der Waals surface area contributed by atoms with E-state index < -0.39 is 10.2 Å². The van der Waals surface area contributed by atoms with Crippen LogP contribution in [-0.2, 0) is 16.8 Å². The first kappa shape index (κ1) is 14.1. The molecule has 1 fully saturated rings. The van der Waals surface area contributed by atoms with E-state index in [0.29, 0.717) is 18.8 Å². The van der Waals surface area contributed by atoms with E-state index in [2.05, 4.69) is 20.0 Å². The van der Waals surface area contributed by atoms with Gasteiger partial charge in [0, 0.05) is 25.5 Å². The summed E-state index contributed by atoms with van der Waals surface area (Å²) >= 11 is 0. The number of rotatable bonds is 5. The van der Waals surface area contributed by atoms with Gasteiger partial charge in [-0.1, -0.05) is 5.21 Å². The fraction of sp³-hybridized carbons (Fsp3) is 0.417. The van der Waals surface area contributed by atoms with Gasteiger partial charge in [0.25, 0.3) is 10.2 Å². The second-order valence-corrected chi connectivity index (χ2v) is 6.55. The minimum atomic E-state index is -3.42. The van der Waals surface area contributed by atoms with E-state index in [1.165, 1.54) is 4.31 Å². The monoisotopic (exact) mass is 308 g/mol. The lowest BCUT2D eigenvalue weighted by atomic mass is 10.4. The Labute approximate surface area is 123 Å². The van der Waals surface area contributed by atoms with Gasteiger partial charge in [-0.25, -0.2) is 4.68 Å². The maximum Gasteiger partial charge on any atom is 0.279 e. The summed E-state index contributed by atoms with van der Waals surface area (Å²) in [5.74, 6) is 0. The molecular formula is C12H16N6O2S. The first-order valence-electron chi connectivity index (χ1n) is 6.71. The fourth-order valence-electron chi connectivity index (χ4n) is 2.19. The lowest BCUT2D eigenvalue weighted by Crippen LogP contribution is -2.38. The van der Waals surface area contributed by atoms with E-state index in [1.807, 2.05) is 0 Å². The van der Waals surface area contributed by atoms with Crippen LogP contribution in [-0.4, -0.2) is 45.8 Å². The molecule has 2 aromatic rings. The van der Waals surface area contributed by atoms with E-state index >= 15 is 0 Å². The highest BCUT2D eigenvalue weighted by Gasteiger charge is 2.24. The lowest BCUT2D eigenvalue weighted by Gasteiger charge is -2.15. The zero-order chi connectivity index (χ0) is 14.7. The van der Waals surface area contributed by atoms with Crippen molar-refractivity contribution in [2.45, 2.75) is 19.4 Å². The third-order valence-electron chi connectivity index (χ3n) is 3.31. The van der Waals surface area contributed by atoms with Gasteiger partial charge >= 0.3 is 0 Å². The molecule has 112 valence electrons. The smallest absolute Gasteiger partial charge is 0.265 e. The van der Waals surface area contributed by atoms with Crippen molar-refractivity contribution in [2.24, 2.45) is 0 Å². The Bertz CT molecular complexity index is 694. The molecule has 1 aliphatic rings. The SMILES string of the molecule is O=S(=O)(NCc1cn(-c2ccncc2)nn1)N1CCCC1. The van der Waals surface area contributed by atoms with E-state index in [4.69, 9.17) is 0 Å². The predicted molar refractivity (Wildman–Crippen MR) is 75.7 cm³/mol. The molecule has 21 heavy (non-hydrogen) atoms. The molecule has 0 radical (unpaired) electrons. The molecule has 0 aliphatic carbocycles. The largest absolute Gasteiger partial charge is 0.279 e. The van der Waals surface area contributed by atoms with Gasteiger partial charge in [-0.2, -0.15) is 17.4 Å². The van der Waals surface area contributed by atoms with Crippen molar-refractivity contribution in [3.63, 3.8) is 0 Å². The number of nitrogens with one attached hydrogen (secondary N) is 1. The van der Waals surface area contributed by atoms with E-state index in [0.717, 1.165) is 18.5 Å². The van der Waals surface area contributed by atoms with Crippen LogP contribution < -0.4 is 4.72 Å². The van der Waals surface area contributed by atoms with E-state index in [1.54, 1.807) is 35.4 Å². The van der Waals surface area contributed by atoms with Crippen molar-refractivity contribution >= 4 is 10.2 Å². The Morgan fingerprint density at radius 1 is 1.19 bits per heavy atom. The zero-order valence-electron chi connectivity index (χ0n) is 11.4. The van der Waals surface area contributed by atoms with Gasteiger partial charge in [0.1, 0.15) is 0 Å². The summed E-state index contributed by atoms with van der Waals surface area (Å²) in [4.78, 5) is 3.93. The van der Waals surface area contributed by atoms with Gasteiger partial charge in [-0.15, -0.1) is 5.10 Å². The molecule has 0 amide bonds. The molecule has 2 aromatic heterocycles. The van der Waals surface area contributed by atoms with Gasteiger partial charge in [-0.05, 0) is 25.0 Å². The Morgan fingerprint density at radius 2 is 1.90 bits per heavy atom. The highest BCUT2D eigenvalue weighted by Crippen LogP contribution is 2.11. The van der Waals surface area contributed by atoms with Gasteiger partial charge in [0.05, 0.1) is 24.1 Å². The molecule has 8 nitrogen and oxygen atoms in total. The molecule has 0 bridgehead atoms. The van der Waals surface area contributed by atoms with Crippen LogP contribution in [0, 0.1) is 0 Å². The average Bonchev–Trinajstić information content (AvgIpc) is 3.18. The summed E-state index contributed by atoms with van der Waals surface area (Å²) in [6.45, 7) is 1.29. The highest BCUT2D eigenvalue weighted by molar-refractivity contribution is 7.87. The van der Waals surface area contributed by atoms with Gasteiger partial charge in [0.15, 0.2) is 0 Å². The van der Waals surface area contributed by atoms with Crippen molar-refractivity contribution < 1.29 is 8.42 Å². The molecule has 0 saturated carbocycles. The van der Waals surface area contributed by atoms with Crippen LogP contribution >= 0.6 is 0 Å². The molecule has 3 heterocycles. The minimum Gasteiger partial charge on any atom is -0.265 e. The first-order chi connectivity index (χ1) is 10.1. The average molecular weight is 308 g/mol. The Hall–Kier alpha value is -1.84. The summed E-state index contributed by atoms with van der Waals surface area (Å²) in [6, 6.07) is 3.60. The Morgan fingerprint density at radius 3 is 2.62 bits per heavy atom. The number of aromatic nitrogens is 4. The standard InChI is InChI=1S/C12H16N6O2S/c19-21(20,17-7-1-2-8-17)14-9-11-10-18(16-15-11)12-3-5-13-6-4-12/h3-6,10,14H,1-2,7-9H2. The normalized spacial score (nSPS) is 16.4. The number of pyridine rings is 1. The molecule has 0 atom stereocenters. The molecule has 0 spiro atoms. The van der Waals surface area contributed by atoms with Crippen molar-refractivity contribution in [3.8, 4) is 5.69 Å². The zero-order valence-corrected chi connectivity index (χ0v) is 12.2. The van der Waals surface area contributed by atoms with Crippen LogP contribution in [0.1, 0.15) is 18.5 Å². The van der Waals surface area contributed by atoms with Crippen LogP contribution in [0.5, 0.6) is 0 Å². The van der Waals surface area contributed by atoms with Gasteiger partial charge < -0.3 is 0 Å². The van der Waals surface area contributed by atoms with Crippen LogP contribution in [0.2, 0.25) is 0 Å². The molecule has 3 rings (SSSR count). The Balaban J connectivity index is 1.65. The summed E-state index contributed by atoms with van der Waals surface area (Å²) in [7, 11) is -3.42. The second-order valence-electron chi connectivity index (χ2n) is 4.79. The van der Waals surface area contributed by atoms with Crippen molar-refractivity contribution in [1.29, 1.82) is 0 Å². The maximum absolute atomic E-state index is 12.0.